The van der Waals surface area contributed by atoms with E-state index in [2.05, 4.69) is 12.1 Å². The van der Waals surface area contributed by atoms with Gasteiger partial charge in [0.25, 0.3) is 0 Å². The maximum absolute atomic E-state index is 12.8. The number of nitrogens with zero attached hydrogens (tertiary/aromatic N) is 1. The van der Waals surface area contributed by atoms with E-state index >= 15 is 0 Å². The predicted molar refractivity (Wildman–Crippen MR) is 116 cm³/mol. The highest BCUT2D eigenvalue weighted by molar-refractivity contribution is 7.91. The normalized spacial score (nSPS) is 22.6. The van der Waals surface area contributed by atoms with Gasteiger partial charge in [0, 0.05) is 19.5 Å². The summed E-state index contributed by atoms with van der Waals surface area (Å²) in [5, 5.41) is 0. The number of piperidine rings is 1. The van der Waals surface area contributed by atoms with Gasteiger partial charge in [-0.3, -0.25) is 9.59 Å². The van der Waals surface area contributed by atoms with Crippen LogP contribution in [-0.4, -0.2) is 56.4 Å². The van der Waals surface area contributed by atoms with Crippen molar-refractivity contribution >= 4 is 21.7 Å². The van der Waals surface area contributed by atoms with Gasteiger partial charge in [-0.25, -0.2) is 8.42 Å². The molecule has 0 saturated carbocycles. The summed E-state index contributed by atoms with van der Waals surface area (Å²) in [6, 6.07) is 10.2. The summed E-state index contributed by atoms with van der Waals surface area (Å²) in [6.45, 7) is 3.24. The average Bonchev–Trinajstić information content (AvgIpc) is 3.07. The second kappa shape index (κ2) is 9.94. The fourth-order valence-electron chi connectivity index (χ4n) is 4.71. The molecule has 0 aliphatic carbocycles. The highest BCUT2D eigenvalue weighted by Crippen LogP contribution is 2.38. The van der Waals surface area contributed by atoms with Crippen LogP contribution in [-0.2, 0) is 30.6 Å². The fourth-order valence-corrected chi connectivity index (χ4v) is 6.57. The van der Waals surface area contributed by atoms with Gasteiger partial charge in [0.2, 0.25) is 5.91 Å². The van der Waals surface area contributed by atoms with Crippen LogP contribution >= 0.6 is 0 Å². The number of hydrogen-bond donors (Lipinski definition) is 0. The van der Waals surface area contributed by atoms with Crippen LogP contribution in [0.1, 0.15) is 51.0 Å². The zero-order valence-corrected chi connectivity index (χ0v) is 18.7. The summed E-state index contributed by atoms with van der Waals surface area (Å²) in [6.07, 6.45) is 4.65. The van der Waals surface area contributed by atoms with E-state index in [1.807, 2.05) is 25.1 Å². The van der Waals surface area contributed by atoms with Crippen LogP contribution < -0.4 is 0 Å². The van der Waals surface area contributed by atoms with Crippen LogP contribution in [0.5, 0.6) is 0 Å². The summed E-state index contributed by atoms with van der Waals surface area (Å²) in [7, 11) is -2.97. The number of amides is 1. The Balaban J connectivity index is 1.55. The molecule has 1 aromatic carbocycles. The Kier molecular flexibility index (Phi) is 7.55. The molecule has 2 aliphatic rings. The molecule has 0 N–H and O–H groups in total. The van der Waals surface area contributed by atoms with Crippen molar-refractivity contribution in [2.45, 2.75) is 51.9 Å². The Hall–Kier alpha value is -1.89. The van der Waals surface area contributed by atoms with Crippen LogP contribution in [0.15, 0.2) is 30.3 Å². The molecule has 6 nitrogen and oxygen atoms in total. The number of aryl methyl sites for hydroxylation is 1. The minimum atomic E-state index is -2.97. The van der Waals surface area contributed by atoms with E-state index in [0.29, 0.717) is 45.4 Å². The van der Waals surface area contributed by atoms with E-state index in [9.17, 15) is 18.0 Å². The number of carbonyl (C=O) groups excluding carboxylic acids is 2. The van der Waals surface area contributed by atoms with Crippen molar-refractivity contribution in [3.8, 4) is 0 Å². The minimum absolute atomic E-state index is 0.0128. The second-order valence-corrected chi connectivity index (χ2v) is 10.9. The number of hydrogen-bond acceptors (Lipinski definition) is 5. The predicted octanol–water partition coefficient (Wildman–Crippen LogP) is 3.01. The van der Waals surface area contributed by atoms with Gasteiger partial charge in [0.1, 0.15) is 0 Å². The van der Waals surface area contributed by atoms with Crippen molar-refractivity contribution in [1.29, 1.82) is 0 Å². The topological polar surface area (TPSA) is 80.8 Å². The maximum atomic E-state index is 12.8. The minimum Gasteiger partial charge on any atom is -0.466 e. The summed E-state index contributed by atoms with van der Waals surface area (Å²) >= 11 is 0. The summed E-state index contributed by atoms with van der Waals surface area (Å²) in [5.74, 6) is 0.118. The lowest BCUT2D eigenvalue weighted by Gasteiger charge is -2.40. The Morgan fingerprint density at radius 3 is 2.47 bits per heavy atom. The summed E-state index contributed by atoms with van der Waals surface area (Å²) < 4.78 is 28.7. The first-order chi connectivity index (χ1) is 14.3. The zero-order chi connectivity index (χ0) is 21.6. The fraction of sp³-hybridized carbons (Fsp3) is 0.652. The highest BCUT2D eigenvalue weighted by Gasteiger charge is 2.43. The number of sulfone groups is 1. The Morgan fingerprint density at radius 1 is 1.17 bits per heavy atom. The molecule has 3 rings (SSSR count). The largest absolute Gasteiger partial charge is 0.466 e. The van der Waals surface area contributed by atoms with Gasteiger partial charge in [-0.15, -0.1) is 0 Å². The number of rotatable bonds is 8. The van der Waals surface area contributed by atoms with Gasteiger partial charge < -0.3 is 9.64 Å². The zero-order valence-electron chi connectivity index (χ0n) is 17.8. The van der Waals surface area contributed by atoms with E-state index < -0.39 is 15.3 Å². The molecule has 2 aliphatic heterocycles. The molecule has 0 spiro atoms. The molecule has 0 bridgehead atoms. The molecule has 2 heterocycles. The first-order valence-corrected chi connectivity index (χ1v) is 12.8. The average molecular weight is 436 g/mol. The number of carbonyl (C=O) groups is 2. The van der Waals surface area contributed by atoms with Crippen LogP contribution in [0.3, 0.4) is 0 Å². The lowest BCUT2D eigenvalue weighted by Crippen LogP contribution is -2.47. The molecule has 166 valence electrons. The molecular weight excluding hydrogens is 402 g/mol. The van der Waals surface area contributed by atoms with Crippen LogP contribution in [0.2, 0.25) is 0 Å². The molecule has 1 amide bonds. The van der Waals surface area contributed by atoms with Crippen LogP contribution in [0.4, 0.5) is 0 Å². The SMILES string of the molecule is CCOC(=O)C1(CCCc2ccccc2)CCN(C(=O)C[C@H]2CCS(=O)(=O)C2)CC1. The van der Waals surface area contributed by atoms with Gasteiger partial charge in [-0.1, -0.05) is 30.3 Å². The molecule has 0 unspecified atom stereocenters. The number of ether oxygens (including phenoxy) is 1. The Labute approximate surface area is 179 Å². The van der Waals surface area contributed by atoms with Crippen molar-refractivity contribution in [3.63, 3.8) is 0 Å². The van der Waals surface area contributed by atoms with E-state index in [0.717, 1.165) is 19.3 Å². The molecule has 7 heteroatoms. The number of likely N-dealkylation sites (tertiary alicyclic amines) is 1. The third-order valence-corrected chi connectivity index (χ3v) is 8.37. The Morgan fingerprint density at radius 2 is 1.87 bits per heavy atom. The first kappa shape index (κ1) is 22.8. The van der Waals surface area contributed by atoms with Crippen LogP contribution in [0, 0.1) is 11.3 Å². The lowest BCUT2D eigenvalue weighted by molar-refractivity contribution is -0.161. The smallest absolute Gasteiger partial charge is 0.312 e. The molecule has 0 radical (unpaired) electrons. The first-order valence-electron chi connectivity index (χ1n) is 11.0. The maximum Gasteiger partial charge on any atom is 0.312 e. The summed E-state index contributed by atoms with van der Waals surface area (Å²) in [5.41, 5.74) is 0.730. The van der Waals surface area contributed by atoms with Crippen molar-refractivity contribution in [2.24, 2.45) is 11.3 Å². The molecule has 2 fully saturated rings. The van der Waals surface area contributed by atoms with E-state index in [4.69, 9.17) is 4.74 Å². The molecule has 30 heavy (non-hydrogen) atoms. The van der Waals surface area contributed by atoms with E-state index in [-0.39, 0.29) is 29.3 Å². The van der Waals surface area contributed by atoms with Gasteiger partial charge in [-0.05, 0) is 56.9 Å². The highest BCUT2D eigenvalue weighted by atomic mass is 32.2. The van der Waals surface area contributed by atoms with Crippen molar-refractivity contribution in [1.82, 2.24) is 4.90 Å². The van der Waals surface area contributed by atoms with Crippen molar-refractivity contribution < 1.29 is 22.7 Å². The Bertz CT molecular complexity index is 828. The van der Waals surface area contributed by atoms with E-state index in [1.165, 1.54) is 5.56 Å². The van der Waals surface area contributed by atoms with E-state index in [1.54, 1.807) is 4.90 Å². The van der Waals surface area contributed by atoms with Gasteiger partial charge >= 0.3 is 5.97 Å². The standard InChI is InChI=1S/C23H33NO5S/c1-2-29-22(26)23(11-6-9-19-7-4-3-5-8-19)12-14-24(15-13-23)21(25)17-20-10-16-30(27,28)18-20/h3-5,7-8,20H,2,6,9-18H2,1H3/t20-/m1/s1. The van der Waals surface area contributed by atoms with Gasteiger partial charge in [0.15, 0.2) is 9.84 Å². The molecule has 1 aromatic rings. The molecule has 2 saturated heterocycles. The monoisotopic (exact) mass is 435 g/mol. The third kappa shape index (κ3) is 5.84. The number of esters is 1. The molecule has 1 atom stereocenters. The second-order valence-electron chi connectivity index (χ2n) is 8.69. The lowest BCUT2D eigenvalue weighted by atomic mass is 9.74. The van der Waals surface area contributed by atoms with Crippen LogP contribution in [0.25, 0.3) is 0 Å². The third-order valence-electron chi connectivity index (χ3n) is 6.54. The molecule has 0 aromatic heterocycles. The van der Waals surface area contributed by atoms with Gasteiger partial charge in [-0.2, -0.15) is 0 Å². The van der Waals surface area contributed by atoms with Crippen molar-refractivity contribution in [2.75, 3.05) is 31.2 Å². The molecular formula is C23H33NO5S. The van der Waals surface area contributed by atoms with Crippen molar-refractivity contribution in [3.05, 3.63) is 35.9 Å². The number of benzene rings is 1. The quantitative estimate of drug-likeness (QED) is 0.587. The van der Waals surface area contributed by atoms with Gasteiger partial charge in [0.05, 0.1) is 23.5 Å². The summed E-state index contributed by atoms with van der Waals surface area (Å²) in [4.78, 5) is 27.3.